The van der Waals surface area contributed by atoms with Gasteiger partial charge in [-0.05, 0) is 31.2 Å². The maximum Gasteiger partial charge on any atom is 0.253 e. The highest BCUT2D eigenvalue weighted by atomic mass is 32.2. The van der Waals surface area contributed by atoms with Crippen molar-refractivity contribution < 1.29 is 17.7 Å². The van der Waals surface area contributed by atoms with E-state index in [1.807, 2.05) is 0 Å². The van der Waals surface area contributed by atoms with Gasteiger partial charge in [0, 0.05) is 12.6 Å². The quantitative estimate of drug-likeness (QED) is 0.916. The molecule has 1 fully saturated rings. The lowest BCUT2D eigenvalue weighted by Crippen LogP contribution is -2.42. The second kappa shape index (κ2) is 5.82. The minimum absolute atomic E-state index is 0.225. The van der Waals surface area contributed by atoms with E-state index in [1.165, 1.54) is 4.31 Å². The molecule has 0 spiro atoms. The number of thiophene rings is 1. The standard InChI is InChI=1S/C13H15N3O4S2/c1-9-8-11(20-15-9)14-13(17)10-4-2-6-16(10)22(18,19)12-5-3-7-21-12/h3,5,7-8,10H,2,4,6H2,1H3,(H,14,17). The van der Waals surface area contributed by atoms with Gasteiger partial charge in [0.2, 0.25) is 11.8 Å². The van der Waals surface area contributed by atoms with E-state index in [-0.39, 0.29) is 10.1 Å². The molecule has 0 radical (unpaired) electrons. The predicted molar refractivity (Wildman–Crippen MR) is 81.1 cm³/mol. The largest absolute Gasteiger partial charge is 0.338 e. The number of amides is 1. The molecule has 0 saturated carbocycles. The summed E-state index contributed by atoms with van der Waals surface area (Å²) in [6, 6.07) is 4.09. The van der Waals surface area contributed by atoms with Crippen molar-refractivity contribution in [2.75, 3.05) is 11.9 Å². The number of nitrogens with zero attached hydrogens (tertiary/aromatic N) is 2. The number of carbonyl (C=O) groups is 1. The zero-order chi connectivity index (χ0) is 15.7. The molecule has 22 heavy (non-hydrogen) atoms. The average molecular weight is 341 g/mol. The minimum atomic E-state index is -3.63. The molecular formula is C13H15N3O4S2. The van der Waals surface area contributed by atoms with Crippen molar-refractivity contribution in [3.05, 3.63) is 29.3 Å². The summed E-state index contributed by atoms with van der Waals surface area (Å²) in [5.41, 5.74) is 0.643. The Kier molecular flexibility index (Phi) is 4.02. The number of aromatic nitrogens is 1. The molecule has 1 N–H and O–H groups in total. The van der Waals surface area contributed by atoms with Crippen LogP contribution in [0.4, 0.5) is 5.88 Å². The minimum Gasteiger partial charge on any atom is -0.338 e. The number of hydrogen-bond acceptors (Lipinski definition) is 6. The maximum atomic E-state index is 12.6. The highest BCUT2D eigenvalue weighted by molar-refractivity contribution is 7.91. The topological polar surface area (TPSA) is 92.5 Å². The van der Waals surface area contributed by atoms with Crippen LogP contribution >= 0.6 is 11.3 Å². The van der Waals surface area contributed by atoms with Crippen molar-refractivity contribution >= 4 is 33.2 Å². The summed E-state index contributed by atoms with van der Waals surface area (Å²) in [5.74, 6) is -0.170. The first-order valence-electron chi connectivity index (χ1n) is 6.78. The number of sulfonamides is 1. The number of anilines is 1. The van der Waals surface area contributed by atoms with Gasteiger partial charge in [0.25, 0.3) is 10.0 Å². The molecule has 118 valence electrons. The van der Waals surface area contributed by atoms with Gasteiger partial charge >= 0.3 is 0 Å². The van der Waals surface area contributed by atoms with Crippen molar-refractivity contribution in [1.29, 1.82) is 0 Å². The summed E-state index contributed by atoms with van der Waals surface area (Å²) < 4.78 is 31.6. The van der Waals surface area contributed by atoms with E-state index in [2.05, 4.69) is 10.5 Å². The zero-order valence-electron chi connectivity index (χ0n) is 11.9. The van der Waals surface area contributed by atoms with Crippen LogP contribution in [0.25, 0.3) is 0 Å². The molecule has 0 aromatic carbocycles. The van der Waals surface area contributed by atoms with Crippen molar-refractivity contribution in [3.8, 4) is 0 Å². The summed E-state index contributed by atoms with van der Waals surface area (Å²) in [6.45, 7) is 2.08. The summed E-state index contributed by atoms with van der Waals surface area (Å²) in [6.07, 6.45) is 1.14. The van der Waals surface area contributed by atoms with Crippen LogP contribution < -0.4 is 5.32 Å². The fourth-order valence-corrected chi connectivity index (χ4v) is 5.22. The fourth-order valence-electron chi connectivity index (χ4n) is 2.44. The molecule has 3 rings (SSSR count). The SMILES string of the molecule is Cc1cc(NC(=O)C2CCCN2S(=O)(=O)c2cccs2)on1. The number of rotatable bonds is 4. The van der Waals surface area contributed by atoms with Crippen LogP contribution in [0.15, 0.2) is 32.3 Å². The van der Waals surface area contributed by atoms with Crippen molar-refractivity contribution in [1.82, 2.24) is 9.46 Å². The summed E-state index contributed by atoms with van der Waals surface area (Å²) >= 11 is 1.15. The van der Waals surface area contributed by atoms with Gasteiger partial charge < -0.3 is 4.52 Å². The Morgan fingerprint density at radius 2 is 2.36 bits per heavy atom. The van der Waals surface area contributed by atoms with Crippen LogP contribution in [0.2, 0.25) is 0 Å². The normalized spacial score (nSPS) is 19.4. The molecule has 0 aliphatic carbocycles. The lowest BCUT2D eigenvalue weighted by atomic mass is 10.2. The van der Waals surface area contributed by atoms with Gasteiger partial charge in [-0.2, -0.15) is 4.31 Å². The van der Waals surface area contributed by atoms with Crippen LogP contribution in [0, 0.1) is 6.92 Å². The van der Waals surface area contributed by atoms with E-state index >= 15 is 0 Å². The summed E-state index contributed by atoms with van der Waals surface area (Å²) in [5, 5.41) is 7.97. The van der Waals surface area contributed by atoms with Crippen molar-refractivity contribution in [2.24, 2.45) is 0 Å². The highest BCUT2D eigenvalue weighted by Gasteiger charge is 2.40. The third-order valence-electron chi connectivity index (χ3n) is 3.44. The molecular weight excluding hydrogens is 326 g/mol. The van der Waals surface area contributed by atoms with E-state index in [9.17, 15) is 13.2 Å². The molecule has 1 aliphatic rings. The monoisotopic (exact) mass is 341 g/mol. The van der Waals surface area contributed by atoms with Gasteiger partial charge in [0.1, 0.15) is 10.3 Å². The fraction of sp³-hybridized carbons (Fsp3) is 0.385. The number of hydrogen-bond donors (Lipinski definition) is 1. The lowest BCUT2D eigenvalue weighted by Gasteiger charge is -2.22. The first-order chi connectivity index (χ1) is 10.5. The number of carbonyl (C=O) groups excluding carboxylic acids is 1. The van der Waals surface area contributed by atoms with Gasteiger partial charge in [-0.25, -0.2) is 8.42 Å². The van der Waals surface area contributed by atoms with E-state index in [0.29, 0.717) is 25.1 Å². The third-order valence-corrected chi connectivity index (χ3v) is 6.72. The van der Waals surface area contributed by atoms with Crippen LogP contribution in [-0.2, 0) is 14.8 Å². The van der Waals surface area contributed by atoms with Crippen LogP contribution in [-0.4, -0.2) is 36.4 Å². The molecule has 1 atom stereocenters. The van der Waals surface area contributed by atoms with E-state index in [1.54, 1.807) is 30.5 Å². The second-order valence-corrected chi connectivity index (χ2v) is 8.09. The molecule has 1 amide bonds. The van der Waals surface area contributed by atoms with E-state index < -0.39 is 22.0 Å². The predicted octanol–water partition coefficient (Wildman–Crippen LogP) is 1.84. The first-order valence-corrected chi connectivity index (χ1v) is 9.10. The highest BCUT2D eigenvalue weighted by Crippen LogP contribution is 2.29. The van der Waals surface area contributed by atoms with Gasteiger partial charge in [-0.3, -0.25) is 10.1 Å². The van der Waals surface area contributed by atoms with Gasteiger partial charge in [-0.15, -0.1) is 11.3 Å². The molecule has 2 aromatic heterocycles. The van der Waals surface area contributed by atoms with Gasteiger partial charge in [-0.1, -0.05) is 11.2 Å². The lowest BCUT2D eigenvalue weighted by molar-refractivity contribution is -0.119. The molecule has 0 bridgehead atoms. The molecule has 9 heteroatoms. The molecule has 1 aliphatic heterocycles. The first kappa shape index (κ1) is 15.2. The maximum absolute atomic E-state index is 12.6. The van der Waals surface area contributed by atoms with E-state index in [4.69, 9.17) is 4.52 Å². The molecule has 2 aromatic rings. The Labute approximate surface area is 132 Å². The summed E-state index contributed by atoms with van der Waals surface area (Å²) in [7, 11) is -3.63. The van der Waals surface area contributed by atoms with Gasteiger partial charge in [0.05, 0.1) is 5.69 Å². The Bertz CT molecular complexity index is 767. The Balaban J connectivity index is 1.80. The van der Waals surface area contributed by atoms with Crippen molar-refractivity contribution in [2.45, 2.75) is 30.0 Å². The molecule has 1 saturated heterocycles. The van der Waals surface area contributed by atoms with Crippen LogP contribution in [0.1, 0.15) is 18.5 Å². The average Bonchev–Trinajstić information content (AvgIpc) is 3.20. The molecule has 1 unspecified atom stereocenters. The summed E-state index contributed by atoms with van der Waals surface area (Å²) in [4.78, 5) is 12.3. The zero-order valence-corrected chi connectivity index (χ0v) is 13.5. The third kappa shape index (κ3) is 2.79. The second-order valence-electron chi connectivity index (χ2n) is 5.03. The Morgan fingerprint density at radius 1 is 1.55 bits per heavy atom. The molecule has 3 heterocycles. The van der Waals surface area contributed by atoms with Crippen LogP contribution in [0.3, 0.4) is 0 Å². The van der Waals surface area contributed by atoms with E-state index in [0.717, 1.165) is 11.3 Å². The number of aryl methyl sites for hydroxylation is 1. The van der Waals surface area contributed by atoms with Gasteiger partial charge in [0.15, 0.2) is 0 Å². The Hall–Kier alpha value is -1.71. The smallest absolute Gasteiger partial charge is 0.253 e. The molecule has 7 nitrogen and oxygen atoms in total. The van der Waals surface area contributed by atoms with Crippen molar-refractivity contribution in [3.63, 3.8) is 0 Å². The Morgan fingerprint density at radius 3 is 3.00 bits per heavy atom. The van der Waals surface area contributed by atoms with Crippen LogP contribution in [0.5, 0.6) is 0 Å². The number of nitrogens with one attached hydrogen (secondary N) is 1.